The average Bonchev–Trinajstić information content (AvgIpc) is 3.34. The van der Waals surface area contributed by atoms with Crippen molar-refractivity contribution >= 4 is 22.3 Å². The first-order chi connectivity index (χ1) is 13.2. The van der Waals surface area contributed by atoms with Crippen LogP contribution in [0.4, 0.5) is 5.00 Å². The second-order valence-electron chi connectivity index (χ2n) is 6.11. The molecule has 8 heteroatoms. The van der Waals surface area contributed by atoms with Gasteiger partial charge >= 0.3 is 5.97 Å². The van der Waals surface area contributed by atoms with Gasteiger partial charge in [0.1, 0.15) is 4.88 Å². The van der Waals surface area contributed by atoms with E-state index in [0.29, 0.717) is 23.9 Å². The maximum atomic E-state index is 12.6. The van der Waals surface area contributed by atoms with Crippen molar-refractivity contribution < 1.29 is 18.8 Å². The fourth-order valence-corrected chi connectivity index (χ4v) is 4.03. The van der Waals surface area contributed by atoms with Crippen LogP contribution in [-0.2, 0) is 16.1 Å². The van der Waals surface area contributed by atoms with Crippen molar-refractivity contribution in [3.8, 4) is 11.1 Å². The van der Waals surface area contributed by atoms with E-state index in [1.165, 1.54) is 11.3 Å². The van der Waals surface area contributed by atoms with Crippen molar-refractivity contribution in [2.75, 3.05) is 31.2 Å². The van der Waals surface area contributed by atoms with Crippen LogP contribution in [0, 0.1) is 6.92 Å². The molecule has 0 radical (unpaired) electrons. The lowest BCUT2D eigenvalue weighted by atomic mass is 10.1. The molecule has 0 unspecified atom stereocenters. The third kappa shape index (κ3) is 4.01. The van der Waals surface area contributed by atoms with Gasteiger partial charge in [-0.3, -0.25) is 0 Å². The number of aromatic nitrogens is 2. The van der Waals surface area contributed by atoms with E-state index in [-0.39, 0.29) is 12.5 Å². The Morgan fingerprint density at radius 3 is 2.74 bits per heavy atom. The Bertz CT molecular complexity index is 916. The number of ether oxygens (including phenoxy) is 2. The van der Waals surface area contributed by atoms with Gasteiger partial charge in [0.05, 0.1) is 18.2 Å². The molecule has 0 amide bonds. The Hall–Kier alpha value is -2.71. The number of thiophene rings is 1. The van der Waals surface area contributed by atoms with Crippen LogP contribution in [0.25, 0.3) is 11.1 Å². The molecule has 4 rings (SSSR count). The van der Waals surface area contributed by atoms with Gasteiger partial charge < -0.3 is 18.9 Å². The van der Waals surface area contributed by atoms with Crippen molar-refractivity contribution in [3.63, 3.8) is 0 Å². The Labute approximate surface area is 160 Å². The molecule has 7 nitrogen and oxygen atoms in total. The first-order valence-corrected chi connectivity index (χ1v) is 9.50. The van der Waals surface area contributed by atoms with E-state index >= 15 is 0 Å². The molecule has 3 heterocycles. The predicted molar refractivity (Wildman–Crippen MR) is 101 cm³/mol. The number of aryl methyl sites for hydroxylation is 1. The molecule has 0 saturated carbocycles. The zero-order valence-electron chi connectivity index (χ0n) is 14.9. The molecule has 0 spiro atoms. The second-order valence-corrected chi connectivity index (χ2v) is 7.14. The fourth-order valence-electron chi connectivity index (χ4n) is 2.90. The number of nitrogens with zero attached hydrogens (tertiary/aromatic N) is 3. The van der Waals surface area contributed by atoms with E-state index in [1.807, 2.05) is 36.4 Å². The lowest BCUT2D eigenvalue weighted by Gasteiger charge is -2.28. The molecule has 2 aromatic heterocycles. The first kappa shape index (κ1) is 17.7. The number of esters is 1. The monoisotopic (exact) mass is 385 g/mol. The molecular weight excluding hydrogens is 366 g/mol. The van der Waals surface area contributed by atoms with E-state index in [1.54, 1.807) is 6.92 Å². The maximum Gasteiger partial charge on any atom is 0.348 e. The van der Waals surface area contributed by atoms with Crippen LogP contribution in [0.3, 0.4) is 0 Å². The molecule has 140 valence electrons. The van der Waals surface area contributed by atoms with Crippen molar-refractivity contribution in [2.45, 2.75) is 13.5 Å². The number of rotatable bonds is 5. The number of morpholine rings is 1. The van der Waals surface area contributed by atoms with E-state index in [4.69, 9.17) is 14.0 Å². The Kier molecular flexibility index (Phi) is 5.17. The van der Waals surface area contributed by atoms with Crippen LogP contribution in [0.1, 0.15) is 21.4 Å². The van der Waals surface area contributed by atoms with Gasteiger partial charge in [-0.05, 0) is 18.6 Å². The molecule has 3 aromatic rings. The van der Waals surface area contributed by atoms with Crippen LogP contribution in [0.2, 0.25) is 0 Å². The third-order valence-corrected chi connectivity index (χ3v) is 5.37. The molecule has 1 aliphatic rings. The lowest BCUT2D eigenvalue weighted by molar-refractivity contribution is 0.0435. The summed E-state index contributed by atoms with van der Waals surface area (Å²) < 4.78 is 15.8. The largest absolute Gasteiger partial charge is 0.451 e. The minimum Gasteiger partial charge on any atom is -0.451 e. The smallest absolute Gasteiger partial charge is 0.348 e. The van der Waals surface area contributed by atoms with E-state index in [9.17, 15) is 4.79 Å². The predicted octanol–water partition coefficient (Wildman–Crippen LogP) is 3.30. The number of benzene rings is 1. The van der Waals surface area contributed by atoms with Crippen LogP contribution in [0.15, 0.2) is 40.9 Å². The topological polar surface area (TPSA) is 77.7 Å². The number of anilines is 1. The van der Waals surface area contributed by atoms with Gasteiger partial charge in [0.2, 0.25) is 0 Å². The molecule has 1 aromatic carbocycles. The fraction of sp³-hybridized carbons (Fsp3) is 0.316. The Morgan fingerprint density at radius 1 is 1.26 bits per heavy atom. The van der Waals surface area contributed by atoms with Crippen LogP contribution in [-0.4, -0.2) is 42.4 Å². The number of carbonyl (C=O) groups is 1. The molecule has 1 fully saturated rings. The Morgan fingerprint density at radius 2 is 2.04 bits per heavy atom. The second kappa shape index (κ2) is 7.89. The van der Waals surface area contributed by atoms with Gasteiger partial charge in [0.15, 0.2) is 12.4 Å². The summed E-state index contributed by atoms with van der Waals surface area (Å²) >= 11 is 1.44. The minimum absolute atomic E-state index is 0.0366. The van der Waals surface area contributed by atoms with Gasteiger partial charge in [-0.2, -0.15) is 4.98 Å². The zero-order valence-corrected chi connectivity index (χ0v) is 15.7. The summed E-state index contributed by atoms with van der Waals surface area (Å²) in [5.41, 5.74) is 2.10. The van der Waals surface area contributed by atoms with Crippen molar-refractivity contribution in [2.24, 2.45) is 0 Å². The summed E-state index contributed by atoms with van der Waals surface area (Å²) in [4.78, 5) is 19.4. The SMILES string of the molecule is Cc1noc(COC(=O)c2cc(-c3ccccc3)c(N3CCOCC3)s2)n1. The van der Waals surface area contributed by atoms with Gasteiger partial charge in [0.25, 0.3) is 5.89 Å². The van der Waals surface area contributed by atoms with Crippen molar-refractivity contribution in [3.05, 3.63) is 53.0 Å². The van der Waals surface area contributed by atoms with E-state index in [2.05, 4.69) is 15.0 Å². The summed E-state index contributed by atoms with van der Waals surface area (Å²) in [6.07, 6.45) is 0. The van der Waals surface area contributed by atoms with Crippen LogP contribution < -0.4 is 4.90 Å². The van der Waals surface area contributed by atoms with Crippen LogP contribution in [0.5, 0.6) is 0 Å². The number of carbonyl (C=O) groups excluding carboxylic acids is 1. The van der Waals surface area contributed by atoms with Gasteiger partial charge in [-0.25, -0.2) is 4.79 Å². The highest BCUT2D eigenvalue weighted by atomic mass is 32.1. The van der Waals surface area contributed by atoms with Gasteiger partial charge in [-0.15, -0.1) is 11.3 Å². The highest BCUT2D eigenvalue weighted by molar-refractivity contribution is 7.18. The van der Waals surface area contributed by atoms with Crippen molar-refractivity contribution in [1.82, 2.24) is 10.1 Å². The highest BCUT2D eigenvalue weighted by Gasteiger charge is 2.23. The number of hydrogen-bond donors (Lipinski definition) is 0. The quantitative estimate of drug-likeness (QED) is 0.624. The first-order valence-electron chi connectivity index (χ1n) is 8.69. The minimum atomic E-state index is -0.396. The normalized spacial score (nSPS) is 14.3. The van der Waals surface area contributed by atoms with Gasteiger partial charge in [-0.1, -0.05) is 35.5 Å². The molecule has 27 heavy (non-hydrogen) atoms. The summed E-state index contributed by atoms with van der Waals surface area (Å²) in [6.45, 7) is 4.65. The molecule has 0 atom stereocenters. The van der Waals surface area contributed by atoms with E-state index in [0.717, 1.165) is 29.2 Å². The van der Waals surface area contributed by atoms with Crippen LogP contribution >= 0.6 is 11.3 Å². The molecule has 1 saturated heterocycles. The molecule has 0 bridgehead atoms. The molecule has 1 aliphatic heterocycles. The standard InChI is InChI=1S/C19H19N3O4S/c1-13-20-17(26-21-13)12-25-19(23)16-11-15(14-5-3-2-4-6-14)18(27-16)22-7-9-24-10-8-22/h2-6,11H,7-10,12H2,1H3. The highest BCUT2D eigenvalue weighted by Crippen LogP contribution is 2.39. The summed E-state index contributed by atoms with van der Waals surface area (Å²) in [5, 5.41) is 4.75. The van der Waals surface area contributed by atoms with E-state index < -0.39 is 5.97 Å². The third-order valence-electron chi connectivity index (χ3n) is 4.19. The molecule has 0 aliphatic carbocycles. The summed E-state index contributed by atoms with van der Waals surface area (Å²) in [5.74, 6) is 0.403. The summed E-state index contributed by atoms with van der Waals surface area (Å²) in [6, 6.07) is 11.9. The van der Waals surface area contributed by atoms with Gasteiger partial charge in [0, 0.05) is 18.7 Å². The maximum absolute atomic E-state index is 12.6. The van der Waals surface area contributed by atoms with Crippen molar-refractivity contribution in [1.29, 1.82) is 0 Å². The molecular formula is C19H19N3O4S. The molecule has 0 N–H and O–H groups in total. The summed E-state index contributed by atoms with van der Waals surface area (Å²) in [7, 11) is 0. The Balaban J connectivity index is 1.59. The average molecular weight is 385 g/mol. The number of hydrogen-bond acceptors (Lipinski definition) is 8. The lowest BCUT2D eigenvalue weighted by Crippen LogP contribution is -2.35. The zero-order chi connectivity index (χ0) is 18.6.